The molecule has 2 atom stereocenters. The SMILES string of the molecule is OC1NN=CC(Oc2ccc(O[C@H]3CCNC3)nc2)=C1Cl. The molecule has 0 radical (unpaired) electrons. The number of hydrogen-bond acceptors (Lipinski definition) is 7. The molecule has 2 aliphatic rings. The van der Waals surface area contributed by atoms with Gasteiger partial charge in [0.05, 0.1) is 12.4 Å². The summed E-state index contributed by atoms with van der Waals surface area (Å²) in [5.41, 5.74) is 2.41. The van der Waals surface area contributed by atoms with E-state index < -0.39 is 6.23 Å². The van der Waals surface area contributed by atoms with Crippen LogP contribution in [0.4, 0.5) is 0 Å². The number of rotatable bonds is 4. The summed E-state index contributed by atoms with van der Waals surface area (Å²) in [4.78, 5) is 4.19. The summed E-state index contributed by atoms with van der Waals surface area (Å²) in [6, 6.07) is 3.46. The Labute approximate surface area is 126 Å². The van der Waals surface area contributed by atoms with E-state index in [4.69, 9.17) is 21.1 Å². The molecular formula is C13H15ClN4O3. The third-order valence-corrected chi connectivity index (χ3v) is 3.49. The predicted octanol–water partition coefficient (Wildman–Crippen LogP) is 0.559. The summed E-state index contributed by atoms with van der Waals surface area (Å²) in [7, 11) is 0. The number of hydrogen-bond donors (Lipinski definition) is 3. The Morgan fingerprint density at radius 3 is 3.00 bits per heavy atom. The number of aliphatic hydroxyl groups excluding tert-OH is 1. The highest BCUT2D eigenvalue weighted by Gasteiger charge is 2.19. The van der Waals surface area contributed by atoms with Crippen molar-refractivity contribution in [2.24, 2.45) is 5.10 Å². The molecule has 3 N–H and O–H groups in total. The second-order valence-corrected chi connectivity index (χ2v) is 5.08. The summed E-state index contributed by atoms with van der Waals surface area (Å²) in [5, 5.41) is 16.6. The van der Waals surface area contributed by atoms with Gasteiger partial charge in [-0.1, -0.05) is 11.6 Å². The molecule has 0 aromatic carbocycles. The largest absolute Gasteiger partial charge is 0.473 e. The summed E-state index contributed by atoms with van der Waals surface area (Å²) < 4.78 is 11.2. The van der Waals surface area contributed by atoms with Crippen molar-refractivity contribution < 1.29 is 14.6 Å². The average molecular weight is 311 g/mol. The number of nitrogens with zero attached hydrogens (tertiary/aromatic N) is 2. The van der Waals surface area contributed by atoms with E-state index in [1.807, 2.05) is 0 Å². The number of aliphatic hydroxyl groups is 1. The summed E-state index contributed by atoms with van der Waals surface area (Å²) >= 11 is 5.93. The first kappa shape index (κ1) is 14.1. The van der Waals surface area contributed by atoms with Crippen molar-refractivity contribution in [2.75, 3.05) is 13.1 Å². The molecule has 1 unspecified atom stereocenters. The first-order valence-corrected chi connectivity index (χ1v) is 6.98. The molecule has 1 fully saturated rings. The molecule has 3 rings (SSSR count). The fourth-order valence-electron chi connectivity index (χ4n) is 2.02. The van der Waals surface area contributed by atoms with Gasteiger partial charge in [0.1, 0.15) is 16.9 Å². The number of nitrogens with one attached hydrogen (secondary N) is 2. The minimum Gasteiger partial charge on any atom is -0.473 e. The van der Waals surface area contributed by atoms with Gasteiger partial charge in [0.25, 0.3) is 0 Å². The molecular weight excluding hydrogens is 296 g/mol. The van der Waals surface area contributed by atoms with Crippen molar-refractivity contribution in [1.82, 2.24) is 15.7 Å². The maximum absolute atomic E-state index is 9.49. The zero-order valence-corrected chi connectivity index (χ0v) is 11.9. The van der Waals surface area contributed by atoms with Gasteiger partial charge < -0.3 is 19.9 Å². The van der Waals surface area contributed by atoms with E-state index in [0.717, 1.165) is 19.5 Å². The minimum absolute atomic E-state index is 0.141. The van der Waals surface area contributed by atoms with E-state index >= 15 is 0 Å². The number of ether oxygens (including phenoxy) is 2. The highest BCUT2D eigenvalue weighted by atomic mass is 35.5. The highest BCUT2D eigenvalue weighted by molar-refractivity contribution is 6.31. The first-order chi connectivity index (χ1) is 10.2. The van der Waals surface area contributed by atoms with Crippen molar-refractivity contribution >= 4 is 17.8 Å². The van der Waals surface area contributed by atoms with Gasteiger partial charge in [-0.05, 0) is 19.0 Å². The van der Waals surface area contributed by atoms with E-state index in [0.29, 0.717) is 11.6 Å². The molecule has 3 heterocycles. The first-order valence-electron chi connectivity index (χ1n) is 6.60. The fourth-order valence-corrected chi connectivity index (χ4v) is 2.15. The Morgan fingerprint density at radius 2 is 2.29 bits per heavy atom. The normalized spacial score (nSPS) is 24.9. The lowest BCUT2D eigenvalue weighted by Gasteiger charge is -2.17. The van der Waals surface area contributed by atoms with Crippen molar-refractivity contribution in [3.63, 3.8) is 0 Å². The molecule has 1 aromatic heterocycles. The number of allylic oxidation sites excluding steroid dienone is 1. The Hall–Kier alpha value is -1.83. The van der Waals surface area contributed by atoms with Gasteiger partial charge in [0.15, 0.2) is 12.0 Å². The van der Waals surface area contributed by atoms with Crippen LogP contribution in [0.2, 0.25) is 0 Å². The molecule has 1 saturated heterocycles. The second-order valence-electron chi connectivity index (χ2n) is 4.67. The van der Waals surface area contributed by atoms with Crippen LogP contribution in [0.1, 0.15) is 6.42 Å². The Bertz CT molecular complexity index is 555. The molecule has 0 saturated carbocycles. The molecule has 0 aliphatic carbocycles. The van der Waals surface area contributed by atoms with E-state index in [-0.39, 0.29) is 16.9 Å². The third kappa shape index (κ3) is 3.44. The van der Waals surface area contributed by atoms with Crippen molar-refractivity contribution in [3.8, 4) is 11.6 Å². The summed E-state index contributed by atoms with van der Waals surface area (Å²) in [6.07, 6.45) is 3.01. The zero-order valence-electron chi connectivity index (χ0n) is 11.1. The Kier molecular flexibility index (Phi) is 4.23. The lowest BCUT2D eigenvalue weighted by molar-refractivity contribution is 0.175. The van der Waals surface area contributed by atoms with Crippen LogP contribution in [0.25, 0.3) is 0 Å². The third-order valence-electron chi connectivity index (χ3n) is 3.09. The molecule has 1 aromatic rings. The molecule has 112 valence electrons. The number of hydrazone groups is 1. The summed E-state index contributed by atoms with van der Waals surface area (Å²) in [6.45, 7) is 1.80. The van der Waals surface area contributed by atoms with Crippen LogP contribution in [-0.2, 0) is 0 Å². The number of halogens is 1. The van der Waals surface area contributed by atoms with Gasteiger partial charge >= 0.3 is 0 Å². The van der Waals surface area contributed by atoms with Gasteiger partial charge in [-0.2, -0.15) is 5.10 Å². The maximum Gasteiger partial charge on any atom is 0.213 e. The Balaban J connectivity index is 1.64. The molecule has 0 spiro atoms. The van der Waals surface area contributed by atoms with Crippen LogP contribution in [0.5, 0.6) is 11.6 Å². The predicted molar refractivity (Wildman–Crippen MR) is 77.3 cm³/mol. The molecule has 0 amide bonds. The molecule has 0 bridgehead atoms. The summed E-state index contributed by atoms with van der Waals surface area (Å²) in [5.74, 6) is 1.31. The van der Waals surface area contributed by atoms with Crippen molar-refractivity contribution in [1.29, 1.82) is 0 Å². The van der Waals surface area contributed by atoms with E-state index in [9.17, 15) is 5.11 Å². The monoisotopic (exact) mass is 310 g/mol. The van der Waals surface area contributed by atoms with Gasteiger partial charge in [-0.3, -0.25) is 5.43 Å². The Morgan fingerprint density at radius 1 is 1.38 bits per heavy atom. The topological polar surface area (TPSA) is 88.0 Å². The molecule has 21 heavy (non-hydrogen) atoms. The molecule has 8 heteroatoms. The van der Waals surface area contributed by atoms with Gasteiger partial charge in [-0.15, -0.1) is 0 Å². The number of pyridine rings is 1. The lowest BCUT2D eigenvalue weighted by atomic mass is 10.3. The average Bonchev–Trinajstić information content (AvgIpc) is 2.99. The van der Waals surface area contributed by atoms with Gasteiger partial charge in [0.2, 0.25) is 5.88 Å². The van der Waals surface area contributed by atoms with Crippen molar-refractivity contribution in [3.05, 3.63) is 29.1 Å². The van der Waals surface area contributed by atoms with Crippen molar-refractivity contribution in [2.45, 2.75) is 18.8 Å². The van der Waals surface area contributed by atoms with Gasteiger partial charge in [0, 0.05) is 12.6 Å². The van der Waals surface area contributed by atoms with Crippen LogP contribution in [0.15, 0.2) is 34.2 Å². The van der Waals surface area contributed by atoms with Crippen LogP contribution < -0.4 is 20.2 Å². The smallest absolute Gasteiger partial charge is 0.213 e. The molecule has 2 aliphatic heterocycles. The second kappa shape index (κ2) is 6.30. The van der Waals surface area contributed by atoms with E-state index in [1.165, 1.54) is 12.4 Å². The van der Waals surface area contributed by atoms with Crippen LogP contribution in [-0.4, -0.2) is 41.7 Å². The lowest BCUT2D eigenvalue weighted by Crippen LogP contribution is -2.29. The van der Waals surface area contributed by atoms with E-state index in [2.05, 4.69) is 20.8 Å². The standard InChI is InChI=1S/C13H15ClN4O3/c14-12-10(7-17-18-13(12)19)20-8-1-2-11(16-6-8)21-9-3-4-15-5-9/h1-2,6-7,9,13,15,18-19H,3-5H2/t9-,13?/m0/s1. The quantitative estimate of drug-likeness (QED) is 0.753. The van der Waals surface area contributed by atoms with Gasteiger partial charge in [-0.25, -0.2) is 4.98 Å². The zero-order chi connectivity index (χ0) is 14.7. The van der Waals surface area contributed by atoms with Crippen LogP contribution in [0.3, 0.4) is 0 Å². The highest BCUT2D eigenvalue weighted by Crippen LogP contribution is 2.21. The van der Waals surface area contributed by atoms with Crippen LogP contribution in [0, 0.1) is 0 Å². The molecule has 7 nitrogen and oxygen atoms in total. The maximum atomic E-state index is 9.49. The van der Waals surface area contributed by atoms with Crippen LogP contribution >= 0.6 is 11.6 Å². The van der Waals surface area contributed by atoms with E-state index in [1.54, 1.807) is 12.1 Å². The minimum atomic E-state index is -1.06. The fraction of sp³-hybridized carbons (Fsp3) is 0.385. The number of aromatic nitrogens is 1.